The summed E-state index contributed by atoms with van der Waals surface area (Å²) in [6, 6.07) is 18.0. The van der Waals surface area contributed by atoms with Gasteiger partial charge in [-0.2, -0.15) is 0 Å². The van der Waals surface area contributed by atoms with Crippen LogP contribution in [0.25, 0.3) is 11.1 Å². The lowest BCUT2D eigenvalue weighted by Crippen LogP contribution is -2.36. The molecule has 1 saturated carbocycles. The van der Waals surface area contributed by atoms with E-state index in [1.807, 2.05) is 17.0 Å². The predicted molar refractivity (Wildman–Crippen MR) is 149 cm³/mol. The highest BCUT2D eigenvalue weighted by atomic mass is 16.5. The van der Waals surface area contributed by atoms with E-state index in [2.05, 4.69) is 45.5 Å². The first-order valence-corrected chi connectivity index (χ1v) is 13.4. The molecule has 0 spiro atoms. The Morgan fingerprint density at radius 1 is 1.05 bits per heavy atom. The maximum absolute atomic E-state index is 13.0. The number of rotatable bonds is 10. The predicted octanol–water partition coefficient (Wildman–Crippen LogP) is 3.92. The number of amides is 2. The van der Waals surface area contributed by atoms with Crippen LogP contribution in [0, 0.1) is 5.92 Å². The van der Waals surface area contributed by atoms with Gasteiger partial charge in [-0.25, -0.2) is 0 Å². The quantitative estimate of drug-likeness (QED) is 0.426. The average Bonchev–Trinajstić information content (AvgIpc) is 3.82. The van der Waals surface area contributed by atoms with Crippen molar-refractivity contribution in [2.24, 2.45) is 11.7 Å². The molecule has 2 aliphatic rings. The summed E-state index contributed by atoms with van der Waals surface area (Å²) in [7, 11) is 0. The third kappa shape index (κ3) is 6.38. The molecule has 2 aromatic carbocycles. The summed E-state index contributed by atoms with van der Waals surface area (Å²) in [6.45, 7) is 4.64. The molecule has 0 atom stereocenters. The van der Waals surface area contributed by atoms with Crippen molar-refractivity contribution in [1.82, 2.24) is 9.88 Å². The normalized spacial score (nSPS) is 15.2. The summed E-state index contributed by atoms with van der Waals surface area (Å²) in [5, 5.41) is 3.11. The van der Waals surface area contributed by atoms with Crippen LogP contribution < -0.4 is 16.0 Å². The van der Waals surface area contributed by atoms with E-state index < -0.39 is 0 Å². The van der Waals surface area contributed by atoms with Crippen LogP contribution in [0.2, 0.25) is 0 Å². The minimum absolute atomic E-state index is 0.176. The molecular weight excluding hydrogens is 478 g/mol. The van der Waals surface area contributed by atoms with Gasteiger partial charge in [0.1, 0.15) is 0 Å². The highest BCUT2D eigenvalue weighted by Gasteiger charge is 2.33. The lowest BCUT2D eigenvalue weighted by Gasteiger charge is -2.31. The van der Waals surface area contributed by atoms with Crippen molar-refractivity contribution in [2.75, 3.05) is 49.6 Å². The number of benzene rings is 2. The highest BCUT2D eigenvalue weighted by molar-refractivity contribution is 6.06. The van der Waals surface area contributed by atoms with E-state index >= 15 is 0 Å². The van der Waals surface area contributed by atoms with E-state index in [4.69, 9.17) is 10.5 Å². The zero-order valence-corrected chi connectivity index (χ0v) is 21.6. The van der Waals surface area contributed by atoms with E-state index in [9.17, 15) is 9.59 Å². The molecule has 38 heavy (non-hydrogen) atoms. The zero-order valence-electron chi connectivity index (χ0n) is 21.6. The number of aromatic nitrogens is 1. The van der Waals surface area contributed by atoms with Crippen molar-refractivity contribution < 1.29 is 14.3 Å². The fraction of sp³-hybridized carbons (Fsp3) is 0.367. The number of nitrogens with one attached hydrogen (secondary N) is 1. The summed E-state index contributed by atoms with van der Waals surface area (Å²) in [5.41, 5.74) is 11.1. The molecule has 0 bridgehead atoms. The van der Waals surface area contributed by atoms with Gasteiger partial charge in [0, 0.05) is 44.5 Å². The van der Waals surface area contributed by atoms with Crippen LogP contribution in [0.5, 0.6) is 0 Å². The molecule has 0 radical (unpaired) electrons. The first-order valence-electron chi connectivity index (χ1n) is 13.4. The SMILES string of the molecule is NCCCN(Cc1cccc(-c2ccc(N3CCOCC3)c(NC(=O)c3cccnc3)c2)c1)C(=O)C1CC1. The Labute approximate surface area is 223 Å². The van der Waals surface area contributed by atoms with Crippen molar-refractivity contribution in [3.8, 4) is 11.1 Å². The number of nitrogens with zero attached hydrogens (tertiary/aromatic N) is 3. The third-order valence-corrected chi connectivity index (χ3v) is 7.02. The second-order valence-electron chi connectivity index (χ2n) is 9.90. The maximum atomic E-state index is 13.0. The molecular formula is C30H35N5O3. The number of hydrogen-bond donors (Lipinski definition) is 2. The molecule has 3 aromatic rings. The van der Waals surface area contributed by atoms with Gasteiger partial charge in [0.15, 0.2) is 0 Å². The van der Waals surface area contributed by atoms with Gasteiger partial charge in [0.2, 0.25) is 5.91 Å². The van der Waals surface area contributed by atoms with Crippen LogP contribution in [0.15, 0.2) is 67.0 Å². The first-order chi connectivity index (χ1) is 18.6. The number of carbonyl (C=O) groups is 2. The Hall–Kier alpha value is -3.75. The van der Waals surface area contributed by atoms with E-state index in [0.717, 1.165) is 60.4 Å². The van der Waals surface area contributed by atoms with Crippen LogP contribution in [-0.4, -0.2) is 61.1 Å². The number of hydrogen-bond acceptors (Lipinski definition) is 6. The highest BCUT2D eigenvalue weighted by Crippen LogP contribution is 2.34. The fourth-order valence-electron chi connectivity index (χ4n) is 4.79. The topological polar surface area (TPSA) is 101 Å². The molecule has 8 nitrogen and oxygen atoms in total. The van der Waals surface area contributed by atoms with Crippen molar-refractivity contribution in [2.45, 2.75) is 25.8 Å². The van der Waals surface area contributed by atoms with Crippen molar-refractivity contribution >= 4 is 23.2 Å². The molecule has 1 aliphatic carbocycles. The van der Waals surface area contributed by atoms with Gasteiger partial charge in [-0.1, -0.05) is 24.3 Å². The van der Waals surface area contributed by atoms with Crippen LogP contribution in [-0.2, 0) is 16.1 Å². The minimum Gasteiger partial charge on any atom is -0.378 e. The van der Waals surface area contributed by atoms with Gasteiger partial charge >= 0.3 is 0 Å². The molecule has 2 amide bonds. The first kappa shape index (κ1) is 25.9. The standard InChI is InChI=1S/C30H35N5O3/c31-11-3-13-35(30(37)23-7-8-23)21-22-4-1-5-24(18-22)25-9-10-28(34-14-16-38-17-15-34)27(19-25)33-29(36)26-6-2-12-32-20-26/h1-2,4-6,9-10,12,18-20,23H,3,7-8,11,13-17,21,31H2,(H,33,36). The smallest absolute Gasteiger partial charge is 0.257 e. The molecule has 198 valence electrons. The molecule has 0 unspecified atom stereocenters. The summed E-state index contributed by atoms with van der Waals surface area (Å²) in [6.07, 6.45) is 5.98. The van der Waals surface area contributed by atoms with Crippen molar-refractivity contribution in [3.05, 3.63) is 78.1 Å². The summed E-state index contributed by atoms with van der Waals surface area (Å²) in [5.74, 6) is 0.210. The molecule has 1 aliphatic heterocycles. The molecule has 1 saturated heterocycles. The second kappa shape index (κ2) is 12.2. The van der Waals surface area contributed by atoms with Gasteiger partial charge in [0.25, 0.3) is 5.91 Å². The van der Waals surface area contributed by atoms with Gasteiger partial charge in [-0.15, -0.1) is 0 Å². The Morgan fingerprint density at radius 2 is 1.87 bits per heavy atom. The number of anilines is 2. The van der Waals surface area contributed by atoms with E-state index in [1.165, 1.54) is 0 Å². The van der Waals surface area contributed by atoms with Crippen molar-refractivity contribution in [3.63, 3.8) is 0 Å². The Morgan fingerprint density at radius 3 is 2.61 bits per heavy atom. The largest absolute Gasteiger partial charge is 0.378 e. The molecule has 5 rings (SSSR count). The van der Waals surface area contributed by atoms with E-state index in [-0.39, 0.29) is 17.7 Å². The van der Waals surface area contributed by atoms with Crippen LogP contribution in [0.1, 0.15) is 35.2 Å². The van der Waals surface area contributed by atoms with Crippen LogP contribution in [0.4, 0.5) is 11.4 Å². The molecule has 3 N–H and O–H groups in total. The Kier molecular flexibility index (Phi) is 8.31. The summed E-state index contributed by atoms with van der Waals surface area (Å²) in [4.78, 5) is 34.2. The molecule has 2 heterocycles. The lowest BCUT2D eigenvalue weighted by molar-refractivity contribution is -0.133. The molecule has 2 fully saturated rings. The van der Waals surface area contributed by atoms with Gasteiger partial charge in [-0.05, 0) is 72.8 Å². The molecule has 1 aromatic heterocycles. The monoisotopic (exact) mass is 513 g/mol. The van der Waals surface area contributed by atoms with Gasteiger partial charge in [-0.3, -0.25) is 14.6 Å². The average molecular weight is 514 g/mol. The number of ether oxygens (including phenoxy) is 1. The van der Waals surface area contributed by atoms with Crippen molar-refractivity contribution in [1.29, 1.82) is 0 Å². The summed E-state index contributed by atoms with van der Waals surface area (Å²) >= 11 is 0. The maximum Gasteiger partial charge on any atom is 0.257 e. The zero-order chi connectivity index (χ0) is 26.3. The number of pyridine rings is 1. The second-order valence-corrected chi connectivity index (χ2v) is 9.90. The fourth-order valence-corrected chi connectivity index (χ4v) is 4.79. The number of morpholine rings is 1. The number of nitrogens with two attached hydrogens (primary N) is 1. The summed E-state index contributed by atoms with van der Waals surface area (Å²) < 4.78 is 5.54. The van der Waals surface area contributed by atoms with Crippen LogP contribution in [0.3, 0.4) is 0 Å². The van der Waals surface area contributed by atoms with Crippen LogP contribution >= 0.6 is 0 Å². The van der Waals surface area contributed by atoms with E-state index in [0.29, 0.717) is 38.4 Å². The Bertz CT molecular complexity index is 1260. The van der Waals surface area contributed by atoms with Gasteiger partial charge in [0.05, 0.1) is 30.2 Å². The lowest BCUT2D eigenvalue weighted by atomic mass is 10.0. The minimum atomic E-state index is -0.201. The Balaban J connectivity index is 1.41. The van der Waals surface area contributed by atoms with Gasteiger partial charge < -0.3 is 25.6 Å². The van der Waals surface area contributed by atoms with E-state index in [1.54, 1.807) is 24.5 Å². The third-order valence-electron chi connectivity index (χ3n) is 7.02. The number of carbonyl (C=O) groups excluding carboxylic acids is 2. The molecule has 8 heteroatoms.